The highest BCUT2D eigenvalue weighted by Crippen LogP contribution is 1.84. The number of carbonyl (C=O) groups excluding carboxylic acids is 2. The number of carbonyl (C=O) groups is 2. The normalized spacial score (nSPS) is 9.86. The van der Waals surface area contributed by atoms with Gasteiger partial charge in [0.1, 0.15) is 5.78 Å². The molecule has 0 bridgehead atoms. The quantitative estimate of drug-likeness (QED) is 0.517. The topological polar surface area (TPSA) is 81.4 Å². The Morgan fingerprint density at radius 1 is 1.29 bits per heavy atom. The van der Waals surface area contributed by atoms with Crippen LogP contribution in [0.4, 0.5) is 0 Å². The van der Waals surface area contributed by atoms with E-state index in [-0.39, 0.29) is 11.7 Å². The van der Waals surface area contributed by atoms with Gasteiger partial charge in [-0.1, -0.05) is 0 Å². The van der Waals surface area contributed by atoms with Crippen LogP contribution in [-0.4, -0.2) is 38.0 Å². The van der Waals surface area contributed by atoms with Gasteiger partial charge in [0.05, 0.1) is 13.2 Å². The Kier molecular flexibility index (Phi) is 8.07. The summed E-state index contributed by atoms with van der Waals surface area (Å²) in [6.45, 7) is 3.22. The lowest BCUT2D eigenvalue weighted by molar-refractivity contribution is -0.122. The summed E-state index contributed by atoms with van der Waals surface area (Å²) in [6, 6.07) is 0. The molecule has 0 saturated carbocycles. The number of nitrogens with one attached hydrogen (secondary N) is 1. The lowest BCUT2D eigenvalue weighted by Gasteiger charge is -2.04. The van der Waals surface area contributed by atoms with Crippen molar-refractivity contribution in [1.82, 2.24) is 5.32 Å². The first kappa shape index (κ1) is 13.1. The molecule has 5 nitrogen and oxygen atoms in total. The van der Waals surface area contributed by atoms with Crippen LogP contribution in [0.5, 0.6) is 0 Å². The van der Waals surface area contributed by atoms with Crippen LogP contribution in [-0.2, 0) is 14.3 Å². The minimum Gasteiger partial charge on any atom is -0.380 e. The van der Waals surface area contributed by atoms with E-state index < -0.39 is 0 Å². The molecule has 0 heterocycles. The highest BCUT2D eigenvalue weighted by molar-refractivity contribution is 5.78. The van der Waals surface area contributed by atoms with Crippen LogP contribution in [0.15, 0.2) is 0 Å². The third-order valence-electron chi connectivity index (χ3n) is 1.53. The van der Waals surface area contributed by atoms with Gasteiger partial charge in [-0.25, -0.2) is 0 Å². The summed E-state index contributed by atoms with van der Waals surface area (Å²) >= 11 is 0. The maximum atomic E-state index is 11.1. The number of hydrogen-bond acceptors (Lipinski definition) is 4. The van der Waals surface area contributed by atoms with E-state index in [1.165, 1.54) is 6.92 Å². The average Bonchev–Trinajstić information content (AvgIpc) is 2.12. The minimum atomic E-state index is -0.0942. The van der Waals surface area contributed by atoms with Crippen LogP contribution in [0, 0.1) is 0 Å². The Labute approximate surface area is 84.0 Å². The van der Waals surface area contributed by atoms with E-state index >= 15 is 0 Å². The molecule has 14 heavy (non-hydrogen) atoms. The lowest BCUT2D eigenvalue weighted by atomic mass is 10.3. The van der Waals surface area contributed by atoms with E-state index in [1.807, 2.05) is 0 Å². The second-order valence-corrected chi connectivity index (χ2v) is 2.95. The van der Waals surface area contributed by atoms with Gasteiger partial charge in [0.25, 0.3) is 0 Å². The zero-order chi connectivity index (χ0) is 10.8. The predicted molar refractivity (Wildman–Crippen MR) is 52.8 cm³/mol. The second kappa shape index (κ2) is 8.65. The fraction of sp³-hybridized carbons (Fsp3) is 0.778. The fourth-order valence-electron chi connectivity index (χ4n) is 0.817. The van der Waals surface area contributed by atoms with Gasteiger partial charge < -0.3 is 15.8 Å². The number of Topliss-reactive ketones (excluding diaryl/α,β-unsaturated/α-hetero) is 1. The summed E-state index contributed by atoms with van der Waals surface area (Å²) in [5.41, 5.74) is 5.20. The summed E-state index contributed by atoms with van der Waals surface area (Å²) in [5.74, 6) is -0.0204. The van der Waals surface area contributed by atoms with Crippen LogP contribution in [0.1, 0.15) is 19.8 Å². The first-order valence-electron chi connectivity index (χ1n) is 4.70. The molecule has 1 amide bonds. The minimum absolute atomic E-state index is 0.0738. The van der Waals surface area contributed by atoms with Crippen molar-refractivity contribution in [2.45, 2.75) is 19.8 Å². The monoisotopic (exact) mass is 202 g/mol. The Morgan fingerprint density at radius 2 is 2.00 bits per heavy atom. The maximum Gasteiger partial charge on any atom is 0.222 e. The van der Waals surface area contributed by atoms with Gasteiger partial charge in [-0.3, -0.25) is 9.59 Å². The van der Waals surface area contributed by atoms with Crippen LogP contribution in [0.3, 0.4) is 0 Å². The molecule has 5 heteroatoms. The molecule has 0 rings (SSSR count). The van der Waals surface area contributed by atoms with Crippen LogP contribution in [0.2, 0.25) is 0 Å². The summed E-state index contributed by atoms with van der Waals surface area (Å²) in [5, 5.41) is 2.62. The summed E-state index contributed by atoms with van der Waals surface area (Å²) < 4.78 is 5.03. The molecule has 0 aliphatic carbocycles. The molecular formula is C9H18N2O3. The molecule has 0 atom stereocenters. The van der Waals surface area contributed by atoms with E-state index in [0.29, 0.717) is 39.1 Å². The van der Waals surface area contributed by atoms with E-state index in [0.717, 1.165) is 0 Å². The highest BCUT2D eigenvalue weighted by atomic mass is 16.5. The van der Waals surface area contributed by atoms with E-state index in [1.54, 1.807) is 0 Å². The number of rotatable bonds is 8. The maximum absolute atomic E-state index is 11.1. The molecule has 0 aliphatic heterocycles. The van der Waals surface area contributed by atoms with Crippen molar-refractivity contribution in [3.63, 3.8) is 0 Å². The van der Waals surface area contributed by atoms with Crippen molar-refractivity contribution in [2.75, 3.05) is 26.3 Å². The molecule has 0 spiro atoms. The molecule has 82 valence electrons. The van der Waals surface area contributed by atoms with Crippen LogP contribution < -0.4 is 11.1 Å². The molecular weight excluding hydrogens is 184 g/mol. The first-order chi connectivity index (χ1) is 6.66. The number of nitrogens with two attached hydrogens (primary N) is 1. The molecule has 3 N–H and O–H groups in total. The number of amides is 1. The SMILES string of the molecule is CC(=O)CCNC(=O)CCOCCN. The molecule has 0 aromatic rings. The van der Waals surface area contributed by atoms with Crippen LogP contribution in [0.25, 0.3) is 0 Å². The number of ketones is 1. The van der Waals surface area contributed by atoms with E-state index in [2.05, 4.69) is 5.32 Å². The summed E-state index contributed by atoms with van der Waals surface area (Å²) in [6.07, 6.45) is 0.702. The second-order valence-electron chi connectivity index (χ2n) is 2.95. The van der Waals surface area contributed by atoms with Crippen LogP contribution >= 0.6 is 0 Å². The summed E-state index contributed by atoms with van der Waals surface area (Å²) in [7, 11) is 0. The van der Waals surface area contributed by atoms with Gasteiger partial charge in [-0.05, 0) is 6.92 Å². The largest absolute Gasteiger partial charge is 0.380 e. The zero-order valence-corrected chi connectivity index (χ0v) is 8.54. The third kappa shape index (κ3) is 9.15. The number of hydrogen-bond donors (Lipinski definition) is 2. The van der Waals surface area contributed by atoms with Crippen molar-refractivity contribution in [2.24, 2.45) is 5.73 Å². The van der Waals surface area contributed by atoms with Crippen molar-refractivity contribution in [3.8, 4) is 0 Å². The van der Waals surface area contributed by atoms with Gasteiger partial charge in [0.15, 0.2) is 0 Å². The van der Waals surface area contributed by atoms with Crippen molar-refractivity contribution >= 4 is 11.7 Å². The van der Waals surface area contributed by atoms with E-state index in [9.17, 15) is 9.59 Å². The first-order valence-corrected chi connectivity index (χ1v) is 4.70. The molecule has 0 unspecified atom stereocenters. The smallest absolute Gasteiger partial charge is 0.222 e. The van der Waals surface area contributed by atoms with Gasteiger partial charge in [-0.2, -0.15) is 0 Å². The highest BCUT2D eigenvalue weighted by Gasteiger charge is 2.00. The molecule has 0 fully saturated rings. The Hall–Kier alpha value is -0.940. The standard InChI is InChI=1S/C9H18N2O3/c1-8(12)2-5-11-9(13)3-6-14-7-4-10/h2-7,10H2,1H3,(H,11,13). The molecule has 0 aromatic heterocycles. The molecule has 0 aromatic carbocycles. The third-order valence-corrected chi connectivity index (χ3v) is 1.53. The Morgan fingerprint density at radius 3 is 2.57 bits per heavy atom. The van der Waals surface area contributed by atoms with Crippen molar-refractivity contribution in [3.05, 3.63) is 0 Å². The molecule has 0 aliphatic rings. The van der Waals surface area contributed by atoms with Gasteiger partial charge in [0, 0.05) is 25.9 Å². The van der Waals surface area contributed by atoms with Crippen molar-refractivity contribution < 1.29 is 14.3 Å². The molecule has 0 radical (unpaired) electrons. The van der Waals surface area contributed by atoms with Gasteiger partial charge in [0.2, 0.25) is 5.91 Å². The Balaban J connectivity index is 3.24. The summed E-state index contributed by atoms with van der Waals surface area (Å²) in [4.78, 5) is 21.6. The van der Waals surface area contributed by atoms with E-state index in [4.69, 9.17) is 10.5 Å². The number of ether oxygens (including phenoxy) is 1. The predicted octanol–water partition coefficient (Wildman–Crippen LogP) is -0.553. The van der Waals surface area contributed by atoms with Gasteiger partial charge >= 0.3 is 0 Å². The van der Waals surface area contributed by atoms with Gasteiger partial charge in [-0.15, -0.1) is 0 Å². The zero-order valence-electron chi connectivity index (χ0n) is 8.54. The lowest BCUT2D eigenvalue weighted by Crippen LogP contribution is -2.26. The van der Waals surface area contributed by atoms with Crippen molar-refractivity contribution in [1.29, 1.82) is 0 Å². The fourth-order valence-corrected chi connectivity index (χ4v) is 0.817. The Bertz CT molecular complexity index is 183. The average molecular weight is 202 g/mol. The molecule has 0 saturated heterocycles.